The minimum atomic E-state index is 0.427. The van der Waals surface area contributed by atoms with Gasteiger partial charge in [0.15, 0.2) is 0 Å². The zero-order valence-corrected chi connectivity index (χ0v) is 11.6. The maximum atomic E-state index is 5.58. The van der Waals surface area contributed by atoms with Crippen LogP contribution in [0.4, 0.5) is 11.6 Å². The van der Waals surface area contributed by atoms with Crippen molar-refractivity contribution in [3.8, 4) is 0 Å². The Morgan fingerprint density at radius 3 is 2.63 bits per heavy atom. The van der Waals surface area contributed by atoms with Crippen LogP contribution in [0, 0.1) is 0 Å². The third kappa shape index (κ3) is 2.97. The highest BCUT2D eigenvalue weighted by Crippen LogP contribution is 2.39. The molecule has 0 radical (unpaired) electrons. The molecule has 2 saturated carbocycles. The van der Waals surface area contributed by atoms with Crippen molar-refractivity contribution in [2.75, 3.05) is 24.3 Å². The number of hydrogen-bond acceptors (Lipinski definition) is 5. The zero-order valence-electron chi connectivity index (χ0n) is 11.6. The first-order chi connectivity index (χ1) is 9.28. The highest BCUT2D eigenvalue weighted by Gasteiger charge is 2.31. The Labute approximate surface area is 114 Å². The van der Waals surface area contributed by atoms with Crippen LogP contribution in [0.3, 0.4) is 0 Å². The molecule has 2 aliphatic rings. The minimum Gasteiger partial charge on any atom is -0.378 e. The van der Waals surface area contributed by atoms with Gasteiger partial charge in [0.2, 0.25) is 0 Å². The predicted octanol–water partition coefficient (Wildman–Crippen LogP) is 2.38. The Balaban J connectivity index is 1.62. The van der Waals surface area contributed by atoms with Crippen molar-refractivity contribution in [2.45, 2.75) is 50.7 Å². The first kappa shape index (κ1) is 12.7. The molecule has 5 heteroatoms. The van der Waals surface area contributed by atoms with Crippen molar-refractivity contribution in [3.05, 3.63) is 11.9 Å². The summed E-state index contributed by atoms with van der Waals surface area (Å²) >= 11 is 0. The van der Waals surface area contributed by atoms with Crippen LogP contribution >= 0.6 is 0 Å². The summed E-state index contributed by atoms with van der Waals surface area (Å²) in [4.78, 5) is 9.16. The molecule has 2 N–H and O–H groups in total. The van der Waals surface area contributed by atoms with Crippen molar-refractivity contribution in [2.24, 2.45) is 0 Å². The molecule has 2 fully saturated rings. The van der Waals surface area contributed by atoms with Crippen LogP contribution < -0.4 is 10.6 Å². The fourth-order valence-electron chi connectivity index (χ4n) is 2.46. The van der Waals surface area contributed by atoms with Gasteiger partial charge < -0.3 is 15.4 Å². The fraction of sp³-hybridized carbons (Fsp3) is 0.714. The van der Waals surface area contributed by atoms with Gasteiger partial charge >= 0.3 is 0 Å². The summed E-state index contributed by atoms with van der Waals surface area (Å²) in [5.74, 6) is 3.41. The topological polar surface area (TPSA) is 59.1 Å². The molecule has 0 aromatic carbocycles. The Morgan fingerprint density at radius 2 is 2.00 bits per heavy atom. The molecule has 0 aliphatic heterocycles. The van der Waals surface area contributed by atoms with Gasteiger partial charge in [0, 0.05) is 31.7 Å². The quantitative estimate of drug-likeness (QED) is 0.824. The van der Waals surface area contributed by atoms with E-state index in [1.807, 2.05) is 20.0 Å². The van der Waals surface area contributed by atoms with Crippen LogP contribution in [0.15, 0.2) is 6.07 Å². The van der Waals surface area contributed by atoms with Crippen LogP contribution in [0.5, 0.6) is 0 Å². The first-order valence-electron chi connectivity index (χ1n) is 7.23. The molecule has 0 unspecified atom stereocenters. The average Bonchev–Trinajstić information content (AvgIpc) is 3.20. The third-order valence-electron chi connectivity index (χ3n) is 3.79. The van der Waals surface area contributed by atoms with Gasteiger partial charge in [0.1, 0.15) is 17.5 Å². The number of hydrogen-bond donors (Lipinski definition) is 2. The molecular weight excluding hydrogens is 240 g/mol. The number of rotatable bonds is 6. The van der Waals surface area contributed by atoms with E-state index in [0.29, 0.717) is 18.1 Å². The smallest absolute Gasteiger partial charge is 0.136 e. The van der Waals surface area contributed by atoms with Crippen molar-refractivity contribution in [3.63, 3.8) is 0 Å². The Kier molecular flexibility index (Phi) is 3.55. The Hall–Kier alpha value is -1.36. The van der Waals surface area contributed by atoms with Crippen LogP contribution in [0.2, 0.25) is 0 Å². The highest BCUT2D eigenvalue weighted by molar-refractivity contribution is 5.48. The molecule has 2 aliphatic carbocycles. The van der Waals surface area contributed by atoms with Crippen molar-refractivity contribution < 1.29 is 4.74 Å². The Morgan fingerprint density at radius 1 is 1.26 bits per heavy atom. The molecule has 19 heavy (non-hydrogen) atoms. The van der Waals surface area contributed by atoms with Crippen LogP contribution in [-0.4, -0.2) is 35.8 Å². The van der Waals surface area contributed by atoms with Gasteiger partial charge in [-0.2, -0.15) is 0 Å². The van der Waals surface area contributed by atoms with Crippen LogP contribution in [0.1, 0.15) is 44.3 Å². The largest absolute Gasteiger partial charge is 0.378 e. The van der Waals surface area contributed by atoms with Gasteiger partial charge in [0.25, 0.3) is 0 Å². The molecule has 0 atom stereocenters. The van der Waals surface area contributed by atoms with Crippen LogP contribution in [0.25, 0.3) is 0 Å². The van der Waals surface area contributed by atoms with Gasteiger partial charge in [-0.25, -0.2) is 9.97 Å². The summed E-state index contributed by atoms with van der Waals surface area (Å²) in [5.41, 5.74) is 0. The normalized spacial score (nSPS) is 25.8. The number of ether oxygens (including phenoxy) is 1. The summed E-state index contributed by atoms with van der Waals surface area (Å²) in [6, 6.07) is 2.48. The van der Waals surface area contributed by atoms with Crippen LogP contribution in [-0.2, 0) is 4.74 Å². The van der Waals surface area contributed by atoms with E-state index >= 15 is 0 Å². The molecule has 0 bridgehead atoms. The van der Waals surface area contributed by atoms with Crippen molar-refractivity contribution in [1.29, 1.82) is 0 Å². The predicted molar refractivity (Wildman–Crippen MR) is 75.6 cm³/mol. The molecule has 5 nitrogen and oxygen atoms in total. The molecule has 0 amide bonds. The van der Waals surface area contributed by atoms with E-state index in [1.165, 1.54) is 12.8 Å². The van der Waals surface area contributed by atoms with E-state index < -0.39 is 0 Å². The number of nitrogens with one attached hydrogen (secondary N) is 2. The van der Waals surface area contributed by atoms with E-state index in [0.717, 1.165) is 36.9 Å². The second-order valence-corrected chi connectivity index (χ2v) is 5.41. The third-order valence-corrected chi connectivity index (χ3v) is 3.79. The molecule has 1 aromatic heterocycles. The second kappa shape index (κ2) is 5.33. The lowest BCUT2D eigenvalue weighted by Crippen LogP contribution is -2.41. The maximum absolute atomic E-state index is 5.58. The van der Waals surface area contributed by atoms with E-state index in [9.17, 15) is 0 Å². The lowest BCUT2D eigenvalue weighted by atomic mass is 9.89. The van der Waals surface area contributed by atoms with E-state index in [-0.39, 0.29) is 0 Å². The number of aromatic nitrogens is 2. The van der Waals surface area contributed by atoms with Gasteiger partial charge in [-0.05, 0) is 32.6 Å². The summed E-state index contributed by atoms with van der Waals surface area (Å²) in [5, 5.41) is 6.61. The molecule has 0 spiro atoms. The Bertz CT molecular complexity index is 441. The van der Waals surface area contributed by atoms with E-state index in [4.69, 9.17) is 4.74 Å². The summed E-state index contributed by atoms with van der Waals surface area (Å²) in [7, 11) is 1.90. The number of nitrogens with zero attached hydrogens (tertiary/aromatic N) is 2. The summed E-state index contributed by atoms with van der Waals surface area (Å²) in [6.45, 7) is 2.85. The van der Waals surface area contributed by atoms with Gasteiger partial charge in [-0.15, -0.1) is 0 Å². The number of anilines is 2. The van der Waals surface area contributed by atoms with E-state index in [1.54, 1.807) is 0 Å². The van der Waals surface area contributed by atoms with Gasteiger partial charge in [-0.1, -0.05) is 0 Å². The molecule has 1 heterocycles. The SMILES string of the molecule is CCOC1CC(Nc2cc(NC)nc(C3CC3)n2)C1. The monoisotopic (exact) mass is 262 g/mol. The molecule has 0 saturated heterocycles. The van der Waals surface area contributed by atoms with E-state index in [2.05, 4.69) is 20.6 Å². The lowest BCUT2D eigenvalue weighted by molar-refractivity contribution is 0.00292. The standard InChI is InChI=1S/C14H22N4O/c1-3-19-11-6-10(7-11)16-13-8-12(15-2)17-14(18-13)9-4-5-9/h8-11H,3-7H2,1-2H3,(H2,15,16,17,18). The zero-order chi connectivity index (χ0) is 13.2. The van der Waals surface area contributed by atoms with Crippen molar-refractivity contribution in [1.82, 2.24) is 9.97 Å². The lowest BCUT2D eigenvalue weighted by Gasteiger charge is -2.35. The molecule has 1 aromatic rings. The van der Waals surface area contributed by atoms with Gasteiger partial charge in [-0.3, -0.25) is 0 Å². The second-order valence-electron chi connectivity index (χ2n) is 5.41. The molecule has 104 valence electrons. The average molecular weight is 262 g/mol. The first-order valence-corrected chi connectivity index (χ1v) is 7.23. The fourth-order valence-corrected chi connectivity index (χ4v) is 2.46. The highest BCUT2D eigenvalue weighted by atomic mass is 16.5. The van der Waals surface area contributed by atoms with Crippen molar-refractivity contribution >= 4 is 11.6 Å². The summed E-state index contributed by atoms with van der Waals surface area (Å²) < 4.78 is 5.58. The minimum absolute atomic E-state index is 0.427. The molecular formula is C14H22N4O. The summed E-state index contributed by atoms with van der Waals surface area (Å²) in [6.07, 6.45) is 5.03. The molecule has 3 rings (SSSR count). The van der Waals surface area contributed by atoms with Gasteiger partial charge in [0.05, 0.1) is 6.10 Å². The maximum Gasteiger partial charge on any atom is 0.136 e.